The molecule has 0 saturated heterocycles. The molecule has 0 N–H and O–H groups in total. The highest BCUT2D eigenvalue weighted by atomic mass is 32.2. The van der Waals surface area contributed by atoms with E-state index in [4.69, 9.17) is 9.47 Å². The molecule has 0 spiro atoms. The zero-order valence-electron chi connectivity index (χ0n) is 14.0. The van der Waals surface area contributed by atoms with E-state index in [0.717, 1.165) is 39.2 Å². The first kappa shape index (κ1) is 15.8. The number of fused-ring (bicyclic) bond motifs is 3. The quantitative estimate of drug-likeness (QED) is 0.392. The van der Waals surface area contributed by atoms with Crippen LogP contribution in [0.2, 0.25) is 0 Å². The van der Waals surface area contributed by atoms with Gasteiger partial charge in [-0.25, -0.2) is 0 Å². The Balaban J connectivity index is 1.45. The number of aromatic nitrogens is 4. The van der Waals surface area contributed by atoms with Gasteiger partial charge in [-0.1, -0.05) is 23.9 Å². The second kappa shape index (κ2) is 6.68. The first-order valence-corrected chi connectivity index (χ1v) is 8.94. The fraction of sp³-hybridized carbons (Fsp3) is 0.222. The number of imidazole rings is 1. The molecule has 0 saturated carbocycles. The molecule has 4 rings (SSSR count). The number of aryl methyl sites for hydroxylation is 1. The van der Waals surface area contributed by atoms with E-state index in [2.05, 4.69) is 31.3 Å². The number of rotatable bonds is 6. The second-order valence-electron chi connectivity index (χ2n) is 5.54. The molecular formula is C18H18N4O2S. The summed E-state index contributed by atoms with van der Waals surface area (Å²) in [4.78, 5) is 0. The lowest BCUT2D eigenvalue weighted by Crippen LogP contribution is -2.01. The maximum absolute atomic E-state index is 5.77. The van der Waals surface area contributed by atoms with Crippen LogP contribution in [-0.4, -0.2) is 38.6 Å². The van der Waals surface area contributed by atoms with Crippen LogP contribution in [0.4, 0.5) is 0 Å². The first-order valence-electron chi connectivity index (χ1n) is 7.96. The summed E-state index contributed by atoms with van der Waals surface area (Å²) in [7, 11) is 3.66. The van der Waals surface area contributed by atoms with Crippen molar-refractivity contribution in [3.63, 3.8) is 0 Å². The Bertz CT molecular complexity index is 1010. The van der Waals surface area contributed by atoms with Crippen LogP contribution in [0.1, 0.15) is 0 Å². The zero-order chi connectivity index (χ0) is 17.2. The number of ether oxygens (including phenoxy) is 2. The summed E-state index contributed by atoms with van der Waals surface area (Å²) >= 11 is 1.64. The SMILES string of the molecule is COc1ccc(OCCSc2nnc3n(C)c4ccccc4n23)cc1. The van der Waals surface area contributed by atoms with Crippen molar-refractivity contribution < 1.29 is 9.47 Å². The summed E-state index contributed by atoms with van der Waals surface area (Å²) in [5, 5.41) is 9.51. The van der Waals surface area contributed by atoms with Crippen molar-refractivity contribution in [3.05, 3.63) is 48.5 Å². The van der Waals surface area contributed by atoms with Crippen LogP contribution in [0.3, 0.4) is 0 Å². The van der Waals surface area contributed by atoms with Crippen LogP contribution < -0.4 is 9.47 Å². The third-order valence-corrected chi connectivity index (χ3v) is 4.94. The minimum Gasteiger partial charge on any atom is -0.497 e. The summed E-state index contributed by atoms with van der Waals surface area (Å²) in [5.41, 5.74) is 2.26. The number of para-hydroxylation sites is 2. The summed E-state index contributed by atoms with van der Waals surface area (Å²) in [5.74, 6) is 3.29. The molecule has 2 aromatic carbocycles. The minimum atomic E-state index is 0.594. The molecule has 25 heavy (non-hydrogen) atoms. The molecule has 0 fully saturated rings. The van der Waals surface area contributed by atoms with Crippen molar-refractivity contribution >= 4 is 28.6 Å². The maximum atomic E-state index is 5.77. The lowest BCUT2D eigenvalue weighted by atomic mass is 10.3. The van der Waals surface area contributed by atoms with E-state index in [1.54, 1.807) is 18.9 Å². The summed E-state index contributed by atoms with van der Waals surface area (Å²) in [6, 6.07) is 15.8. The molecule has 0 aliphatic rings. The van der Waals surface area contributed by atoms with Gasteiger partial charge >= 0.3 is 0 Å². The Morgan fingerprint density at radius 1 is 0.960 bits per heavy atom. The lowest BCUT2D eigenvalue weighted by Gasteiger charge is -2.06. The topological polar surface area (TPSA) is 53.6 Å². The van der Waals surface area contributed by atoms with Crippen LogP contribution >= 0.6 is 11.8 Å². The molecule has 4 aromatic rings. The van der Waals surface area contributed by atoms with Crippen LogP contribution in [0.5, 0.6) is 11.5 Å². The van der Waals surface area contributed by atoms with Gasteiger partial charge in [-0.3, -0.25) is 4.40 Å². The van der Waals surface area contributed by atoms with Crippen molar-refractivity contribution in [2.24, 2.45) is 7.05 Å². The van der Waals surface area contributed by atoms with Gasteiger partial charge in [-0.05, 0) is 36.4 Å². The number of thioether (sulfide) groups is 1. The van der Waals surface area contributed by atoms with Crippen molar-refractivity contribution in [2.45, 2.75) is 5.16 Å². The molecule has 6 nitrogen and oxygen atoms in total. The van der Waals surface area contributed by atoms with Crippen LogP contribution in [-0.2, 0) is 7.05 Å². The van der Waals surface area contributed by atoms with Crippen molar-refractivity contribution in [1.29, 1.82) is 0 Å². The fourth-order valence-electron chi connectivity index (χ4n) is 2.79. The molecule has 7 heteroatoms. The van der Waals surface area contributed by atoms with E-state index in [-0.39, 0.29) is 0 Å². The number of hydrogen-bond acceptors (Lipinski definition) is 5. The average molecular weight is 354 g/mol. The Kier molecular flexibility index (Phi) is 4.23. The van der Waals surface area contributed by atoms with Gasteiger partial charge in [0.25, 0.3) is 0 Å². The van der Waals surface area contributed by atoms with Gasteiger partial charge in [0.2, 0.25) is 5.78 Å². The van der Waals surface area contributed by atoms with E-state index in [1.165, 1.54) is 0 Å². The van der Waals surface area contributed by atoms with Gasteiger partial charge in [0.15, 0.2) is 5.16 Å². The molecular weight excluding hydrogens is 336 g/mol. The lowest BCUT2D eigenvalue weighted by molar-refractivity contribution is 0.342. The average Bonchev–Trinajstić information content (AvgIpc) is 3.20. The Morgan fingerprint density at radius 3 is 2.44 bits per heavy atom. The number of methoxy groups -OCH3 is 1. The number of nitrogens with zero attached hydrogens (tertiary/aromatic N) is 4. The summed E-state index contributed by atoms with van der Waals surface area (Å²) in [6.45, 7) is 0.594. The van der Waals surface area contributed by atoms with E-state index < -0.39 is 0 Å². The molecule has 0 amide bonds. The molecule has 2 aromatic heterocycles. The third-order valence-electron chi connectivity index (χ3n) is 4.04. The highest BCUT2D eigenvalue weighted by Gasteiger charge is 2.14. The van der Waals surface area contributed by atoms with E-state index in [0.29, 0.717) is 6.61 Å². The van der Waals surface area contributed by atoms with Gasteiger partial charge < -0.3 is 14.0 Å². The number of benzene rings is 2. The van der Waals surface area contributed by atoms with E-state index in [1.807, 2.05) is 43.4 Å². The molecule has 0 aliphatic heterocycles. The molecule has 0 radical (unpaired) electrons. The smallest absolute Gasteiger partial charge is 0.236 e. The Hall–Kier alpha value is -2.67. The minimum absolute atomic E-state index is 0.594. The number of hydrogen-bond donors (Lipinski definition) is 0. The highest BCUT2D eigenvalue weighted by molar-refractivity contribution is 7.99. The van der Waals surface area contributed by atoms with Gasteiger partial charge in [0, 0.05) is 12.8 Å². The first-order chi connectivity index (χ1) is 12.3. The van der Waals surface area contributed by atoms with E-state index >= 15 is 0 Å². The maximum Gasteiger partial charge on any atom is 0.236 e. The standard InChI is InChI=1S/C18H18N4O2S/c1-21-15-5-3-4-6-16(15)22-17(21)19-20-18(22)25-12-11-24-14-9-7-13(23-2)8-10-14/h3-10H,11-12H2,1-2H3. The van der Waals surface area contributed by atoms with Crippen LogP contribution in [0, 0.1) is 0 Å². The van der Waals surface area contributed by atoms with Gasteiger partial charge in [0.1, 0.15) is 11.5 Å². The normalized spacial score (nSPS) is 11.3. The Morgan fingerprint density at radius 2 is 1.68 bits per heavy atom. The molecule has 0 aliphatic carbocycles. The largest absolute Gasteiger partial charge is 0.497 e. The highest BCUT2D eigenvalue weighted by Crippen LogP contribution is 2.25. The second-order valence-corrected chi connectivity index (χ2v) is 6.60. The molecule has 0 bridgehead atoms. The van der Waals surface area contributed by atoms with Crippen LogP contribution in [0.25, 0.3) is 16.8 Å². The zero-order valence-corrected chi connectivity index (χ0v) is 14.9. The summed E-state index contributed by atoms with van der Waals surface area (Å²) < 4.78 is 15.1. The van der Waals surface area contributed by atoms with Gasteiger partial charge in [0.05, 0.1) is 24.8 Å². The molecule has 0 unspecified atom stereocenters. The monoisotopic (exact) mass is 354 g/mol. The van der Waals surface area contributed by atoms with Crippen LogP contribution in [0.15, 0.2) is 53.7 Å². The van der Waals surface area contributed by atoms with E-state index in [9.17, 15) is 0 Å². The Labute approximate surface area is 149 Å². The van der Waals surface area contributed by atoms with Gasteiger partial charge in [-0.15, -0.1) is 10.2 Å². The van der Waals surface area contributed by atoms with Gasteiger partial charge in [-0.2, -0.15) is 0 Å². The molecule has 2 heterocycles. The fourth-order valence-corrected chi connectivity index (χ4v) is 3.55. The van der Waals surface area contributed by atoms with Crippen molar-refractivity contribution in [3.8, 4) is 11.5 Å². The predicted molar refractivity (Wildman–Crippen MR) is 98.7 cm³/mol. The third kappa shape index (κ3) is 2.91. The molecule has 128 valence electrons. The molecule has 0 atom stereocenters. The summed E-state index contributed by atoms with van der Waals surface area (Å²) in [6.07, 6.45) is 0. The predicted octanol–water partition coefficient (Wildman–Crippen LogP) is 3.40. The van der Waals surface area contributed by atoms with Crippen molar-refractivity contribution in [1.82, 2.24) is 19.2 Å². The van der Waals surface area contributed by atoms with Crippen molar-refractivity contribution in [2.75, 3.05) is 19.5 Å².